The molecule has 1 fully saturated rings. The summed E-state index contributed by atoms with van der Waals surface area (Å²) in [6.07, 6.45) is 4.75. The summed E-state index contributed by atoms with van der Waals surface area (Å²) in [5, 5.41) is 15.2. The van der Waals surface area contributed by atoms with Crippen LogP contribution in [0.4, 0.5) is 0 Å². The number of ether oxygens (including phenoxy) is 1. The van der Waals surface area contributed by atoms with Crippen molar-refractivity contribution in [1.82, 2.24) is 25.5 Å². The van der Waals surface area contributed by atoms with Crippen LogP contribution in [0, 0.1) is 0 Å². The molecule has 8 heteroatoms. The van der Waals surface area contributed by atoms with E-state index in [1.807, 2.05) is 0 Å². The third kappa shape index (κ3) is 3.58. The summed E-state index contributed by atoms with van der Waals surface area (Å²) in [7, 11) is 0. The standard InChI is InChI=1S/C18H23N5O3/c1-3-26-16(25)14-7-9-15(10-8-14)23-17(20-21-22-23)18(19-13(2)24)11-5-4-6-12-18/h7-10H,3-6,11-12H2,1-2H3,(H,19,24). The normalized spacial score (nSPS) is 16.1. The number of carbonyl (C=O) groups is 2. The van der Waals surface area contributed by atoms with Crippen LogP contribution < -0.4 is 5.32 Å². The van der Waals surface area contributed by atoms with Gasteiger partial charge in [0.2, 0.25) is 5.91 Å². The van der Waals surface area contributed by atoms with Crippen LogP contribution in [0.1, 0.15) is 62.1 Å². The SMILES string of the molecule is CCOC(=O)c1ccc(-n2nnnc2C2(NC(C)=O)CCCCC2)cc1. The topological polar surface area (TPSA) is 99.0 Å². The smallest absolute Gasteiger partial charge is 0.338 e. The number of aromatic nitrogens is 4. The van der Waals surface area contributed by atoms with E-state index < -0.39 is 5.54 Å². The fraction of sp³-hybridized carbons (Fsp3) is 0.500. The molecule has 0 aliphatic heterocycles. The minimum atomic E-state index is -0.562. The number of tetrazole rings is 1. The quantitative estimate of drug-likeness (QED) is 0.823. The summed E-state index contributed by atoms with van der Waals surface area (Å²) in [5.41, 5.74) is 0.640. The fourth-order valence-electron chi connectivity index (χ4n) is 3.51. The Balaban J connectivity index is 1.94. The molecule has 0 atom stereocenters. The maximum atomic E-state index is 11.8. The van der Waals surface area contributed by atoms with Crippen LogP contribution in [0.15, 0.2) is 24.3 Å². The van der Waals surface area contributed by atoms with Gasteiger partial charge in [0.15, 0.2) is 5.82 Å². The predicted molar refractivity (Wildman–Crippen MR) is 93.7 cm³/mol. The van der Waals surface area contributed by atoms with Crippen LogP contribution >= 0.6 is 0 Å². The molecule has 3 rings (SSSR count). The van der Waals surface area contributed by atoms with Gasteiger partial charge in [-0.1, -0.05) is 19.3 Å². The molecule has 0 spiro atoms. The highest BCUT2D eigenvalue weighted by Crippen LogP contribution is 2.36. The Hall–Kier alpha value is -2.77. The number of nitrogens with one attached hydrogen (secondary N) is 1. The molecule has 1 aromatic carbocycles. The second-order valence-corrected chi connectivity index (χ2v) is 6.51. The van der Waals surface area contributed by atoms with Crippen molar-refractivity contribution in [1.29, 1.82) is 0 Å². The predicted octanol–water partition coefficient (Wildman–Crippen LogP) is 2.13. The summed E-state index contributed by atoms with van der Waals surface area (Å²) in [4.78, 5) is 23.6. The van der Waals surface area contributed by atoms with Gasteiger partial charge in [0.25, 0.3) is 0 Å². The largest absolute Gasteiger partial charge is 0.462 e. The van der Waals surface area contributed by atoms with Crippen LogP contribution in [0.5, 0.6) is 0 Å². The zero-order valence-electron chi connectivity index (χ0n) is 15.1. The summed E-state index contributed by atoms with van der Waals surface area (Å²) < 4.78 is 6.64. The van der Waals surface area contributed by atoms with Gasteiger partial charge >= 0.3 is 5.97 Å². The first-order valence-electron chi connectivity index (χ1n) is 8.91. The Labute approximate surface area is 151 Å². The molecule has 1 aliphatic rings. The maximum absolute atomic E-state index is 11.8. The number of hydrogen-bond donors (Lipinski definition) is 1. The summed E-state index contributed by atoms with van der Waals surface area (Å²) in [6, 6.07) is 6.92. The molecule has 1 saturated carbocycles. The summed E-state index contributed by atoms with van der Waals surface area (Å²) >= 11 is 0. The molecule has 1 aromatic heterocycles. The Morgan fingerprint density at radius 3 is 2.50 bits per heavy atom. The molecule has 26 heavy (non-hydrogen) atoms. The van der Waals surface area contributed by atoms with E-state index in [0.29, 0.717) is 18.0 Å². The number of benzene rings is 1. The second kappa shape index (κ2) is 7.63. The molecular formula is C18H23N5O3. The van der Waals surface area contributed by atoms with Crippen molar-refractivity contribution in [2.75, 3.05) is 6.61 Å². The number of esters is 1. The number of rotatable bonds is 5. The van der Waals surface area contributed by atoms with Crippen LogP contribution in [0.3, 0.4) is 0 Å². The van der Waals surface area contributed by atoms with Crippen molar-refractivity contribution in [2.45, 2.75) is 51.5 Å². The molecule has 0 bridgehead atoms. The lowest BCUT2D eigenvalue weighted by atomic mass is 9.80. The first kappa shape index (κ1) is 18.0. The molecule has 1 amide bonds. The van der Waals surface area contributed by atoms with Crippen molar-refractivity contribution in [3.8, 4) is 5.69 Å². The number of carbonyl (C=O) groups excluding carboxylic acids is 2. The van der Waals surface area contributed by atoms with E-state index in [-0.39, 0.29) is 11.9 Å². The number of hydrogen-bond acceptors (Lipinski definition) is 6. The van der Waals surface area contributed by atoms with Gasteiger partial charge in [-0.25, -0.2) is 4.79 Å². The third-order valence-corrected chi connectivity index (χ3v) is 4.64. The molecule has 1 heterocycles. The average molecular weight is 357 g/mol. The lowest BCUT2D eigenvalue weighted by Gasteiger charge is -2.36. The van der Waals surface area contributed by atoms with Crippen molar-refractivity contribution >= 4 is 11.9 Å². The molecule has 138 valence electrons. The zero-order valence-corrected chi connectivity index (χ0v) is 15.1. The van der Waals surface area contributed by atoms with Crippen molar-refractivity contribution in [2.24, 2.45) is 0 Å². The van der Waals surface area contributed by atoms with E-state index in [1.165, 1.54) is 6.92 Å². The van der Waals surface area contributed by atoms with Gasteiger partial charge in [0.1, 0.15) is 5.54 Å². The van der Waals surface area contributed by atoms with Crippen molar-refractivity contribution in [3.63, 3.8) is 0 Å². The second-order valence-electron chi connectivity index (χ2n) is 6.51. The lowest BCUT2D eigenvalue weighted by molar-refractivity contribution is -0.121. The van der Waals surface area contributed by atoms with Gasteiger partial charge in [-0.05, 0) is 54.5 Å². The third-order valence-electron chi connectivity index (χ3n) is 4.64. The van der Waals surface area contributed by atoms with Gasteiger partial charge in [-0.15, -0.1) is 5.10 Å². The molecule has 1 aliphatic carbocycles. The average Bonchev–Trinajstić information content (AvgIpc) is 3.13. The van der Waals surface area contributed by atoms with Gasteiger partial charge in [-0.2, -0.15) is 4.68 Å². The first-order valence-corrected chi connectivity index (χ1v) is 8.91. The van der Waals surface area contributed by atoms with E-state index in [0.717, 1.165) is 37.8 Å². The van der Waals surface area contributed by atoms with E-state index in [1.54, 1.807) is 35.9 Å². The van der Waals surface area contributed by atoms with E-state index in [9.17, 15) is 9.59 Å². The molecule has 8 nitrogen and oxygen atoms in total. The molecular weight excluding hydrogens is 334 g/mol. The molecule has 2 aromatic rings. The summed E-state index contributed by atoms with van der Waals surface area (Å²) in [5.74, 6) is 0.161. The van der Waals surface area contributed by atoms with Crippen LogP contribution in [0.25, 0.3) is 5.69 Å². The Bertz CT molecular complexity index is 778. The first-order chi connectivity index (χ1) is 12.6. The van der Waals surface area contributed by atoms with E-state index in [4.69, 9.17) is 4.74 Å². The number of nitrogens with zero attached hydrogens (tertiary/aromatic N) is 4. The zero-order chi connectivity index (χ0) is 18.6. The van der Waals surface area contributed by atoms with Crippen molar-refractivity contribution in [3.05, 3.63) is 35.7 Å². The molecule has 1 N–H and O–H groups in total. The Kier molecular flexibility index (Phi) is 5.29. The van der Waals surface area contributed by atoms with Gasteiger partial charge in [0, 0.05) is 6.92 Å². The minimum Gasteiger partial charge on any atom is -0.462 e. The number of amides is 1. The monoisotopic (exact) mass is 357 g/mol. The molecule has 0 unspecified atom stereocenters. The maximum Gasteiger partial charge on any atom is 0.338 e. The minimum absolute atomic E-state index is 0.0980. The fourth-order valence-corrected chi connectivity index (χ4v) is 3.51. The van der Waals surface area contributed by atoms with Crippen molar-refractivity contribution < 1.29 is 14.3 Å². The van der Waals surface area contributed by atoms with Gasteiger partial charge < -0.3 is 10.1 Å². The highest BCUT2D eigenvalue weighted by molar-refractivity contribution is 5.89. The molecule has 0 saturated heterocycles. The van der Waals surface area contributed by atoms with Gasteiger partial charge in [-0.3, -0.25) is 4.79 Å². The van der Waals surface area contributed by atoms with Crippen LogP contribution in [-0.2, 0) is 15.1 Å². The Morgan fingerprint density at radius 1 is 1.19 bits per heavy atom. The van der Waals surface area contributed by atoms with E-state index in [2.05, 4.69) is 20.8 Å². The molecule has 0 radical (unpaired) electrons. The highest BCUT2D eigenvalue weighted by atomic mass is 16.5. The van der Waals surface area contributed by atoms with E-state index >= 15 is 0 Å². The van der Waals surface area contributed by atoms with Crippen LogP contribution in [0.2, 0.25) is 0 Å². The Morgan fingerprint density at radius 2 is 1.88 bits per heavy atom. The lowest BCUT2D eigenvalue weighted by Crippen LogP contribution is -2.48. The van der Waals surface area contributed by atoms with Gasteiger partial charge in [0.05, 0.1) is 17.9 Å². The highest BCUT2D eigenvalue weighted by Gasteiger charge is 2.40. The summed E-state index contributed by atoms with van der Waals surface area (Å²) in [6.45, 7) is 3.61. The van der Waals surface area contributed by atoms with Crippen LogP contribution in [-0.4, -0.2) is 38.7 Å².